The molecule has 0 aliphatic carbocycles. The Labute approximate surface area is 125 Å². The van der Waals surface area contributed by atoms with Crippen molar-refractivity contribution in [2.75, 3.05) is 14.2 Å². The van der Waals surface area contributed by atoms with E-state index in [-0.39, 0.29) is 6.04 Å². The number of aryl methyl sites for hydroxylation is 1. The molecule has 0 aromatic carbocycles. The van der Waals surface area contributed by atoms with Gasteiger partial charge in [-0.2, -0.15) is 5.10 Å². The zero-order valence-corrected chi connectivity index (χ0v) is 13.7. The molecule has 0 aliphatic rings. The largest absolute Gasteiger partial charge is 0.496 e. The summed E-state index contributed by atoms with van der Waals surface area (Å²) in [5.74, 6) is 0.901. The number of methoxy groups -OCH3 is 1. The van der Waals surface area contributed by atoms with E-state index in [1.807, 2.05) is 18.6 Å². The molecular formula is C13H18BrN3OS. The summed E-state index contributed by atoms with van der Waals surface area (Å²) in [5, 5.41) is 9.81. The molecule has 1 unspecified atom stereocenters. The fourth-order valence-electron chi connectivity index (χ4n) is 2.06. The maximum absolute atomic E-state index is 5.26. The van der Waals surface area contributed by atoms with Crippen LogP contribution in [0.5, 0.6) is 5.75 Å². The van der Waals surface area contributed by atoms with Crippen LogP contribution in [-0.4, -0.2) is 23.9 Å². The number of thiophene rings is 1. The normalized spacial score (nSPS) is 12.6. The van der Waals surface area contributed by atoms with Crippen LogP contribution < -0.4 is 10.1 Å². The predicted molar refractivity (Wildman–Crippen MR) is 82.0 cm³/mol. The van der Waals surface area contributed by atoms with Gasteiger partial charge in [0.25, 0.3) is 0 Å². The SMILES string of the molecule is CCCn1ncc(Br)c1C(NC)c1cc(OC)cs1. The van der Waals surface area contributed by atoms with Gasteiger partial charge in [0.15, 0.2) is 0 Å². The molecule has 1 N–H and O–H groups in total. The molecule has 2 rings (SSSR count). The first-order valence-corrected chi connectivity index (χ1v) is 7.89. The molecule has 0 aliphatic heterocycles. The molecule has 4 nitrogen and oxygen atoms in total. The van der Waals surface area contributed by atoms with Crippen molar-refractivity contribution in [1.82, 2.24) is 15.1 Å². The first-order valence-electron chi connectivity index (χ1n) is 6.22. The Balaban J connectivity index is 2.38. The van der Waals surface area contributed by atoms with Crippen molar-refractivity contribution in [3.63, 3.8) is 0 Å². The van der Waals surface area contributed by atoms with Crippen LogP contribution in [0.4, 0.5) is 0 Å². The highest BCUT2D eigenvalue weighted by Gasteiger charge is 2.22. The van der Waals surface area contributed by atoms with E-state index >= 15 is 0 Å². The zero-order valence-electron chi connectivity index (χ0n) is 11.3. The Morgan fingerprint density at radius 3 is 2.95 bits per heavy atom. The van der Waals surface area contributed by atoms with Crippen LogP contribution in [0.2, 0.25) is 0 Å². The topological polar surface area (TPSA) is 39.1 Å². The number of rotatable bonds is 6. The maximum atomic E-state index is 5.26. The maximum Gasteiger partial charge on any atom is 0.129 e. The average Bonchev–Trinajstić information content (AvgIpc) is 3.01. The van der Waals surface area contributed by atoms with Crippen molar-refractivity contribution >= 4 is 27.3 Å². The van der Waals surface area contributed by atoms with Crippen LogP contribution >= 0.6 is 27.3 Å². The van der Waals surface area contributed by atoms with E-state index in [0.29, 0.717) is 0 Å². The van der Waals surface area contributed by atoms with Crippen LogP contribution in [0, 0.1) is 0 Å². The van der Waals surface area contributed by atoms with Crippen LogP contribution in [0.1, 0.15) is 30.0 Å². The summed E-state index contributed by atoms with van der Waals surface area (Å²) in [6, 6.07) is 2.19. The molecule has 2 aromatic rings. The fourth-order valence-corrected chi connectivity index (χ4v) is 3.55. The minimum atomic E-state index is 0.123. The van der Waals surface area contributed by atoms with Crippen LogP contribution in [0.25, 0.3) is 0 Å². The molecule has 2 heterocycles. The number of hydrogen-bond acceptors (Lipinski definition) is 4. The van der Waals surface area contributed by atoms with Crippen LogP contribution in [0.3, 0.4) is 0 Å². The van der Waals surface area contributed by atoms with Gasteiger partial charge in [0.05, 0.1) is 29.5 Å². The molecule has 0 spiro atoms. The highest BCUT2D eigenvalue weighted by Crippen LogP contribution is 2.34. The molecule has 1 atom stereocenters. The fraction of sp³-hybridized carbons (Fsp3) is 0.462. The van der Waals surface area contributed by atoms with Gasteiger partial charge in [-0.05, 0) is 35.5 Å². The first-order chi connectivity index (χ1) is 9.21. The standard InChI is InChI=1S/C13H18BrN3OS/c1-4-5-17-13(10(14)7-16-17)12(15-2)11-6-9(18-3)8-19-11/h6-8,12,15H,4-5H2,1-3H3. The van der Waals surface area contributed by atoms with Gasteiger partial charge in [-0.1, -0.05) is 6.92 Å². The summed E-state index contributed by atoms with van der Waals surface area (Å²) in [5.41, 5.74) is 1.16. The van der Waals surface area contributed by atoms with E-state index < -0.39 is 0 Å². The number of halogens is 1. The number of nitrogens with zero attached hydrogens (tertiary/aromatic N) is 2. The Morgan fingerprint density at radius 1 is 1.58 bits per heavy atom. The van der Waals surface area contributed by atoms with E-state index in [2.05, 4.69) is 44.0 Å². The lowest BCUT2D eigenvalue weighted by Gasteiger charge is -2.17. The van der Waals surface area contributed by atoms with Gasteiger partial charge < -0.3 is 10.1 Å². The molecule has 19 heavy (non-hydrogen) atoms. The summed E-state index contributed by atoms with van der Waals surface area (Å²) in [6.07, 6.45) is 2.92. The summed E-state index contributed by atoms with van der Waals surface area (Å²) < 4.78 is 8.35. The third-order valence-corrected chi connectivity index (χ3v) is 4.53. The quantitative estimate of drug-likeness (QED) is 0.873. The van der Waals surface area contributed by atoms with E-state index in [1.165, 1.54) is 4.88 Å². The third-order valence-electron chi connectivity index (χ3n) is 2.95. The number of aromatic nitrogens is 2. The van der Waals surface area contributed by atoms with Gasteiger partial charge in [0.2, 0.25) is 0 Å². The Kier molecular flexibility index (Phi) is 5.01. The third kappa shape index (κ3) is 3.01. The second-order valence-electron chi connectivity index (χ2n) is 4.21. The highest BCUT2D eigenvalue weighted by molar-refractivity contribution is 9.10. The molecular weight excluding hydrogens is 326 g/mol. The Hall–Kier alpha value is -0.850. The molecule has 0 amide bonds. The van der Waals surface area contributed by atoms with E-state index in [4.69, 9.17) is 4.74 Å². The summed E-state index contributed by atoms with van der Waals surface area (Å²) in [7, 11) is 3.66. The van der Waals surface area contributed by atoms with Crippen LogP contribution in [0.15, 0.2) is 22.1 Å². The van der Waals surface area contributed by atoms with Crippen molar-refractivity contribution < 1.29 is 4.74 Å². The smallest absolute Gasteiger partial charge is 0.129 e. The first kappa shape index (κ1) is 14.6. The molecule has 0 radical (unpaired) electrons. The molecule has 0 saturated carbocycles. The lowest BCUT2D eigenvalue weighted by molar-refractivity contribution is 0.416. The van der Waals surface area contributed by atoms with Gasteiger partial charge in [-0.3, -0.25) is 4.68 Å². The predicted octanol–water partition coefficient (Wildman–Crippen LogP) is 3.43. The zero-order chi connectivity index (χ0) is 13.8. The van der Waals surface area contributed by atoms with Crippen LogP contribution in [-0.2, 0) is 6.54 Å². The number of hydrogen-bond donors (Lipinski definition) is 1. The van der Waals surface area contributed by atoms with Crippen molar-refractivity contribution in [1.29, 1.82) is 0 Å². The summed E-state index contributed by atoms with van der Waals surface area (Å²) >= 11 is 5.29. The van der Waals surface area contributed by atoms with Crippen molar-refractivity contribution in [3.8, 4) is 5.75 Å². The minimum absolute atomic E-state index is 0.123. The molecule has 0 bridgehead atoms. The van der Waals surface area contributed by atoms with Crippen molar-refractivity contribution in [3.05, 3.63) is 32.7 Å². The minimum Gasteiger partial charge on any atom is -0.496 e. The average molecular weight is 344 g/mol. The van der Waals surface area contributed by atoms with E-state index in [1.54, 1.807) is 18.4 Å². The highest BCUT2D eigenvalue weighted by atomic mass is 79.9. The monoisotopic (exact) mass is 343 g/mol. The van der Waals surface area contributed by atoms with Crippen molar-refractivity contribution in [2.45, 2.75) is 25.9 Å². The molecule has 0 saturated heterocycles. The number of nitrogens with one attached hydrogen (secondary N) is 1. The molecule has 104 valence electrons. The van der Waals surface area contributed by atoms with Crippen molar-refractivity contribution in [2.24, 2.45) is 0 Å². The summed E-state index contributed by atoms with van der Waals surface area (Å²) in [6.45, 7) is 3.07. The lowest BCUT2D eigenvalue weighted by atomic mass is 10.1. The van der Waals surface area contributed by atoms with Gasteiger partial charge in [0.1, 0.15) is 5.75 Å². The molecule has 0 fully saturated rings. The second-order valence-corrected chi connectivity index (χ2v) is 6.01. The Morgan fingerprint density at radius 2 is 2.37 bits per heavy atom. The van der Waals surface area contributed by atoms with Gasteiger partial charge in [-0.25, -0.2) is 0 Å². The second kappa shape index (κ2) is 6.54. The summed E-state index contributed by atoms with van der Waals surface area (Å²) in [4.78, 5) is 1.22. The van der Waals surface area contributed by atoms with E-state index in [0.717, 1.165) is 28.9 Å². The van der Waals surface area contributed by atoms with Gasteiger partial charge in [0, 0.05) is 16.8 Å². The van der Waals surface area contributed by atoms with Gasteiger partial charge in [-0.15, -0.1) is 11.3 Å². The molecule has 2 aromatic heterocycles. The van der Waals surface area contributed by atoms with Gasteiger partial charge >= 0.3 is 0 Å². The number of ether oxygens (including phenoxy) is 1. The Bertz CT molecular complexity index is 538. The molecule has 6 heteroatoms. The van der Waals surface area contributed by atoms with E-state index in [9.17, 15) is 0 Å². The lowest BCUT2D eigenvalue weighted by Crippen LogP contribution is -2.21.